The number of para-hydroxylation sites is 1. The second-order valence-electron chi connectivity index (χ2n) is 8.31. The van der Waals surface area contributed by atoms with E-state index < -0.39 is 11.9 Å². The molecule has 11 nitrogen and oxygen atoms in total. The zero-order valence-corrected chi connectivity index (χ0v) is 20.3. The van der Waals surface area contributed by atoms with Crippen LogP contribution in [0.3, 0.4) is 0 Å². The standard InChI is InChI=1S/C24H36N4O7/c1-27-22-18(5-3-10-32-12-14-34-16-17-35-15-13-33-11-9-25)4-2-6-19(22)28(24(27)31)20-7-8-21(29)26-23(20)30/h2,4,6,20H,3,5,7-17,25H2,1H3,(H,26,29,30). The van der Waals surface area contributed by atoms with Crippen molar-refractivity contribution in [2.75, 3.05) is 59.4 Å². The minimum Gasteiger partial charge on any atom is -0.379 e. The van der Waals surface area contributed by atoms with Gasteiger partial charge in [0.05, 0.1) is 57.3 Å². The number of ether oxygens (including phenoxy) is 4. The number of nitrogens with two attached hydrogens (primary N) is 1. The first kappa shape index (κ1) is 27.0. The van der Waals surface area contributed by atoms with Crippen LogP contribution >= 0.6 is 0 Å². The number of nitrogens with zero attached hydrogens (tertiary/aromatic N) is 2. The van der Waals surface area contributed by atoms with Gasteiger partial charge in [0, 0.05) is 26.6 Å². The van der Waals surface area contributed by atoms with Gasteiger partial charge < -0.3 is 24.7 Å². The largest absolute Gasteiger partial charge is 0.379 e. The van der Waals surface area contributed by atoms with Crippen LogP contribution in [-0.4, -0.2) is 80.3 Å². The first-order valence-electron chi connectivity index (χ1n) is 12.1. The number of rotatable bonds is 16. The van der Waals surface area contributed by atoms with Crippen LogP contribution < -0.4 is 16.7 Å². The lowest BCUT2D eigenvalue weighted by atomic mass is 10.0. The summed E-state index contributed by atoms with van der Waals surface area (Å²) >= 11 is 0. The van der Waals surface area contributed by atoms with Crippen molar-refractivity contribution in [3.63, 3.8) is 0 Å². The molecule has 0 spiro atoms. The zero-order valence-electron chi connectivity index (χ0n) is 20.3. The SMILES string of the molecule is Cn1c(=O)n(C2CCC(=O)NC2=O)c2cccc(CCCOCCOCCOCCOCCN)c21. The molecule has 3 N–H and O–H groups in total. The van der Waals surface area contributed by atoms with Gasteiger partial charge in [-0.2, -0.15) is 0 Å². The molecule has 3 rings (SSSR count). The van der Waals surface area contributed by atoms with Gasteiger partial charge in [0.1, 0.15) is 6.04 Å². The Balaban J connectivity index is 1.41. The third-order valence-electron chi connectivity index (χ3n) is 5.82. The zero-order chi connectivity index (χ0) is 25.0. The number of hydrogen-bond acceptors (Lipinski definition) is 8. The number of piperidine rings is 1. The van der Waals surface area contributed by atoms with E-state index in [-0.39, 0.29) is 18.0 Å². The van der Waals surface area contributed by atoms with Crippen molar-refractivity contribution in [2.45, 2.75) is 31.7 Å². The summed E-state index contributed by atoms with van der Waals surface area (Å²) < 4.78 is 24.8. The van der Waals surface area contributed by atoms with Gasteiger partial charge in [0.15, 0.2) is 0 Å². The molecule has 2 heterocycles. The summed E-state index contributed by atoms with van der Waals surface area (Å²) in [6, 6.07) is 5.04. The number of fused-ring (bicyclic) bond motifs is 1. The summed E-state index contributed by atoms with van der Waals surface area (Å²) in [5, 5.41) is 2.34. The van der Waals surface area contributed by atoms with Crippen LogP contribution in [0.4, 0.5) is 0 Å². The van der Waals surface area contributed by atoms with Crippen LogP contribution in [0, 0.1) is 0 Å². The van der Waals surface area contributed by atoms with Crippen molar-refractivity contribution in [3.8, 4) is 0 Å². The fourth-order valence-corrected chi connectivity index (χ4v) is 4.16. The average molecular weight is 493 g/mol. The Morgan fingerprint density at radius 1 is 0.943 bits per heavy atom. The number of imide groups is 1. The van der Waals surface area contributed by atoms with Gasteiger partial charge in [-0.25, -0.2) is 4.79 Å². The molecule has 1 aromatic carbocycles. The molecular formula is C24H36N4O7. The quantitative estimate of drug-likeness (QED) is 0.252. The number of hydrogen-bond donors (Lipinski definition) is 2. The number of aryl methyl sites for hydroxylation is 2. The molecule has 0 aliphatic carbocycles. The highest BCUT2D eigenvalue weighted by Gasteiger charge is 2.31. The Bertz CT molecular complexity index is 1030. The lowest BCUT2D eigenvalue weighted by molar-refractivity contribution is -0.135. The summed E-state index contributed by atoms with van der Waals surface area (Å²) in [4.78, 5) is 36.9. The molecule has 1 saturated heterocycles. The first-order chi connectivity index (χ1) is 17.0. The van der Waals surface area contributed by atoms with E-state index in [1.807, 2.05) is 18.2 Å². The molecule has 1 aliphatic heterocycles. The number of carbonyl (C=O) groups excluding carboxylic acids is 2. The minimum absolute atomic E-state index is 0.219. The van der Waals surface area contributed by atoms with E-state index in [4.69, 9.17) is 24.7 Å². The second-order valence-corrected chi connectivity index (χ2v) is 8.31. The molecule has 194 valence electrons. The van der Waals surface area contributed by atoms with Gasteiger partial charge >= 0.3 is 5.69 Å². The number of carbonyl (C=O) groups is 2. The van der Waals surface area contributed by atoms with Crippen LogP contribution in [0.1, 0.15) is 30.9 Å². The van der Waals surface area contributed by atoms with E-state index in [1.54, 1.807) is 11.6 Å². The van der Waals surface area contributed by atoms with Gasteiger partial charge in [-0.05, 0) is 30.9 Å². The minimum atomic E-state index is -0.683. The number of aromatic nitrogens is 2. The molecule has 0 radical (unpaired) electrons. The Labute approximate surface area is 204 Å². The van der Waals surface area contributed by atoms with Crippen LogP contribution in [0.25, 0.3) is 11.0 Å². The summed E-state index contributed by atoms with van der Waals surface area (Å²) in [6.07, 6.45) is 2.05. The van der Waals surface area contributed by atoms with Crippen LogP contribution in [0.15, 0.2) is 23.0 Å². The lowest BCUT2D eigenvalue weighted by Crippen LogP contribution is -2.44. The number of amides is 2. The first-order valence-corrected chi connectivity index (χ1v) is 12.1. The van der Waals surface area contributed by atoms with Crippen molar-refractivity contribution >= 4 is 22.8 Å². The smallest absolute Gasteiger partial charge is 0.329 e. The van der Waals surface area contributed by atoms with Gasteiger partial charge in [-0.15, -0.1) is 0 Å². The molecule has 1 fully saturated rings. The van der Waals surface area contributed by atoms with Crippen molar-refractivity contribution in [1.29, 1.82) is 0 Å². The van der Waals surface area contributed by atoms with Crippen molar-refractivity contribution in [3.05, 3.63) is 34.2 Å². The van der Waals surface area contributed by atoms with E-state index in [9.17, 15) is 14.4 Å². The molecule has 2 amide bonds. The second kappa shape index (κ2) is 14.1. The molecule has 35 heavy (non-hydrogen) atoms. The Morgan fingerprint density at radius 2 is 1.57 bits per heavy atom. The normalized spacial score (nSPS) is 16.2. The highest BCUT2D eigenvalue weighted by molar-refractivity contribution is 6.00. The number of nitrogens with one attached hydrogen (secondary N) is 1. The van der Waals surface area contributed by atoms with Crippen molar-refractivity contribution in [1.82, 2.24) is 14.5 Å². The third kappa shape index (κ3) is 7.45. The molecule has 1 atom stereocenters. The summed E-state index contributed by atoms with van der Waals surface area (Å²) in [6.45, 7) is 4.67. The number of imidazole rings is 1. The molecule has 1 unspecified atom stereocenters. The van der Waals surface area contributed by atoms with Crippen LogP contribution in [-0.2, 0) is 42.0 Å². The maximum absolute atomic E-state index is 13.0. The van der Waals surface area contributed by atoms with Gasteiger partial charge in [-0.3, -0.25) is 24.0 Å². The molecule has 11 heteroatoms. The predicted octanol–water partition coefficient (Wildman–Crippen LogP) is 0.275. The molecule has 1 aromatic heterocycles. The third-order valence-corrected chi connectivity index (χ3v) is 5.82. The fourth-order valence-electron chi connectivity index (χ4n) is 4.16. The fraction of sp³-hybridized carbons (Fsp3) is 0.625. The molecular weight excluding hydrogens is 456 g/mol. The Hall–Kier alpha value is -2.57. The van der Waals surface area contributed by atoms with Gasteiger partial charge in [0.25, 0.3) is 0 Å². The van der Waals surface area contributed by atoms with Crippen molar-refractivity contribution < 1.29 is 28.5 Å². The van der Waals surface area contributed by atoms with Crippen molar-refractivity contribution in [2.24, 2.45) is 12.8 Å². The molecule has 0 bridgehead atoms. The summed E-state index contributed by atoms with van der Waals surface area (Å²) in [5.41, 5.74) is 7.59. The van der Waals surface area contributed by atoms with E-state index in [0.717, 1.165) is 23.9 Å². The Kier molecular flexibility index (Phi) is 10.9. The molecule has 2 aromatic rings. The highest BCUT2D eigenvalue weighted by Crippen LogP contribution is 2.25. The van der Waals surface area contributed by atoms with E-state index >= 15 is 0 Å². The van der Waals surface area contributed by atoms with E-state index in [2.05, 4.69) is 5.32 Å². The topological polar surface area (TPSA) is 136 Å². The van der Waals surface area contributed by atoms with Gasteiger partial charge in [-0.1, -0.05) is 12.1 Å². The molecule has 1 aliphatic rings. The Morgan fingerprint density at radius 3 is 2.20 bits per heavy atom. The van der Waals surface area contributed by atoms with E-state index in [1.165, 1.54) is 4.57 Å². The highest BCUT2D eigenvalue weighted by atomic mass is 16.6. The predicted molar refractivity (Wildman–Crippen MR) is 129 cm³/mol. The van der Waals surface area contributed by atoms with Crippen LogP contribution in [0.2, 0.25) is 0 Å². The molecule has 0 saturated carbocycles. The van der Waals surface area contributed by atoms with Gasteiger partial charge in [0.2, 0.25) is 11.8 Å². The maximum atomic E-state index is 13.0. The lowest BCUT2D eigenvalue weighted by Gasteiger charge is -2.21. The monoisotopic (exact) mass is 492 g/mol. The number of benzene rings is 1. The van der Waals surface area contributed by atoms with Crippen LogP contribution in [0.5, 0.6) is 0 Å². The summed E-state index contributed by atoms with van der Waals surface area (Å²) in [7, 11) is 1.71. The summed E-state index contributed by atoms with van der Waals surface area (Å²) in [5.74, 6) is -0.733. The van der Waals surface area contributed by atoms with E-state index in [0.29, 0.717) is 71.3 Å². The average Bonchev–Trinajstić information content (AvgIpc) is 3.10. The maximum Gasteiger partial charge on any atom is 0.329 e.